The topological polar surface area (TPSA) is 109 Å². The Morgan fingerprint density at radius 3 is 2.02 bits per heavy atom. The van der Waals surface area contributed by atoms with Crippen LogP contribution in [0.2, 0.25) is 0 Å². The molecule has 0 aliphatic heterocycles. The van der Waals surface area contributed by atoms with Crippen LogP contribution in [0.25, 0.3) is 0 Å². The first-order chi connectivity index (χ1) is 24.2. The number of urea groups is 2. The van der Waals surface area contributed by atoms with Gasteiger partial charge in [-0.15, -0.1) is 0 Å². The zero-order valence-corrected chi connectivity index (χ0v) is 31.9. The standard InChI is InChI=1S/C42H61N5O4/c1-27(18-21-37(48)51-7)32-19-20-33-38-34(26-36(42(32,33)3)46-40(50)44-30-16-12-9-13-17-30)41(2)23-22-31(47(4,5)6)24-28(41)25-35(38)45-39(49)43-29-14-10-8-11-15-29/h8-17,27-28,31-36,38H,18-26H2,1-7H3,(H3-,43,44,45,46,49,50)/p+1/t27-,28+,31-,32-,33+,34+,35-,36+,38+,41+,42-/m1/s1. The van der Waals surface area contributed by atoms with Gasteiger partial charge in [-0.05, 0) is 116 Å². The Morgan fingerprint density at radius 1 is 0.824 bits per heavy atom. The van der Waals surface area contributed by atoms with Crippen LogP contribution < -0.4 is 21.3 Å². The van der Waals surface area contributed by atoms with Crippen LogP contribution in [0, 0.1) is 46.3 Å². The minimum Gasteiger partial charge on any atom is -0.469 e. The van der Waals surface area contributed by atoms with E-state index in [-0.39, 0.29) is 52.8 Å². The predicted molar refractivity (Wildman–Crippen MR) is 203 cm³/mol. The number of carbonyl (C=O) groups is 3. The second kappa shape index (κ2) is 14.8. The first kappa shape index (κ1) is 37.2. The maximum atomic E-state index is 13.9. The molecular formula is C42H62N5O4+. The lowest BCUT2D eigenvalue weighted by Crippen LogP contribution is -2.68. The largest absolute Gasteiger partial charge is 0.469 e. The minimum atomic E-state index is -0.219. The highest BCUT2D eigenvalue weighted by Crippen LogP contribution is 2.68. The van der Waals surface area contributed by atoms with E-state index in [1.807, 2.05) is 60.7 Å². The summed E-state index contributed by atoms with van der Waals surface area (Å²) in [5.74, 6) is 1.82. The molecule has 0 radical (unpaired) electrons. The van der Waals surface area contributed by atoms with Gasteiger partial charge in [0.05, 0.1) is 34.3 Å². The number of para-hydroxylation sites is 2. The molecule has 0 saturated heterocycles. The number of quaternary nitrogens is 1. The summed E-state index contributed by atoms with van der Waals surface area (Å²) >= 11 is 0. The summed E-state index contributed by atoms with van der Waals surface area (Å²) in [5, 5.41) is 13.4. The molecule has 0 heterocycles. The Kier molecular flexibility index (Phi) is 10.8. The molecule has 4 N–H and O–H groups in total. The Hall–Kier alpha value is -3.59. The van der Waals surface area contributed by atoms with Gasteiger partial charge in [-0.3, -0.25) is 4.79 Å². The quantitative estimate of drug-likeness (QED) is 0.158. The van der Waals surface area contributed by atoms with Crippen LogP contribution in [-0.2, 0) is 9.53 Å². The predicted octanol–water partition coefficient (Wildman–Crippen LogP) is 7.91. The van der Waals surface area contributed by atoms with Crippen LogP contribution in [0.1, 0.15) is 78.6 Å². The van der Waals surface area contributed by atoms with E-state index in [2.05, 4.69) is 63.2 Å². The highest BCUT2D eigenvalue weighted by atomic mass is 16.5. The number of amides is 4. The molecule has 0 bridgehead atoms. The number of anilines is 2. The van der Waals surface area contributed by atoms with Crippen molar-refractivity contribution >= 4 is 29.4 Å². The molecule has 0 unspecified atom stereocenters. The van der Waals surface area contributed by atoms with Crippen molar-refractivity contribution in [3.05, 3.63) is 60.7 Å². The second-order valence-electron chi connectivity index (χ2n) is 17.7. The Balaban J connectivity index is 1.36. The molecule has 0 aromatic heterocycles. The number of nitrogens with zero attached hydrogens (tertiary/aromatic N) is 1. The molecule has 4 fully saturated rings. The van der Waals surface area contributed by atoms with E-state index in [1.165, 1.54) is 13.5 Å². The summed E-state index contributed by atoms with van der Waals surface area (Å²) in [6.07, 6.45) is 8.57. The van der Waals surface area contributed by atoms with E-state index in [4.69, 9.17) is 4.74 Å². The van der Waals surface area contributed by atoms with Gasteiger partial charge in [0.2, 0.25) is 0 Å². The Bertz CT molecular complexity index is 1530. The van der Waals surface area contributed by atoms with Crippen LogP contribution in [0.5, 0.6) is 0 Å². The maximum absolute atomic E-state index is 13.9. The molecule has 4 aliphatic rings. The number of methoxy groups -OCH3 is 1. The first-order valence-electron chi connectivity index (χ1n) is 19.4. The van der Waals surface area contributed by atoms with Gasteiger partial charge in [0.1, 0.15) is 0 Å². The average Bonchev–Trinajstić information content (AvgIpc) is 3.45. The maximum Gasteiger partial charge on any atom is 0.319 e. The summed E-state index contributed by atoms with van der Waals surface area (Å²) in [6, 6.07) is 19.6. The fourth-order valence-corrected chi connectivity index (χ4v) is 11.6. The van der Waals surface area contributed by atoms with Crippen molar-refractivity contribution in [2.75, 3.05) is 38.9 Å². The van der Waals surface area contributed by atoms with Crippen molar-refractivity contribution < 1.29 is 23.6 Å². The highest BCUT2D eigenvalue weighted by Gasteiger charge is 2.66. The third kappa shape index (κ3) is 7.51. The molecule has 4 amide bonds. The second-order valence-corrected chi connectivity index (χ2v) is 17.7. The number of hydrogen-bond donors (Lipinski definition) is 4. The summed E-state index contributed by atoms with van der Waals surface area (Å²) in [7, 11) is 8.41. The summed E-state index contributed by atoms with van der Waals surface area (Å²) in [5.41, 5.74) is 1.45. The summed E-state index contributed by atoms with van der Waals surface area (Å²) in [4.78, 5) is 39.9. The molecular weight excluding hydrogens is 638 g/mol. The zero-order chi connectivity index (χ0) is 36.6. The lowest BCUT2D eigenvalue weighted by atomic mass is 9.42. The van der Waals surface area contributed by atoms with Crippen molar-refractivity contribution in [3.8, 4) is 0 Å². The van der Waals surface area contributed by atoms with Crippen LogP contribution in [0.4, 0.5) is 21.0 Å². The monoisotopic (exact) mass is 700 g/mol. The number of carbonyl (C=O) groups excluding carboxylic acids is 3. The van der Waals surface area contributed by atoms with E-state index in [9.17, 15) is 14.4 Å². The first-order valence-corrected chi connectivity index (χ1v) is 19.4. The van der Waals surface area contributed by atoms with Gasteiger partial charge < -0.3 is 30.5 Å². The number of nitrogens with one attached hydrogen (secondary N) is 4. The van der Waals surface area contributed by atoms with Crippen molar-refractivity contribution in [1.29, 1.82) is 0 Å². The number of benzene rings is 2. The molecule has 0 spiro atoms. The molecule has 51 heavy (non-hydrogen) atoms. The third-order valence-electron chi connectivity index (χ3n) is 14.4. The summed E-state index contributed by atoms with van der Waals surface area (Å²) in [6.45, 7) is 7.23. The zero-order valence-electron chi connectivity index (χ0n) is 31.9. The fourth-order valence-electron chi connectivity index (χ4n) is 11.6. The average molecular weight is 701 g/mol. The molecule has 278 valence electrons. The summed E-state index contributed by atoms with van der Waals surface area (Å²) < 4.78 is 5.98. The smallest absolute Gasteiger partial charge is 0.319 e. The third-order valence-corrected chi connectivity index (χ3v) is 14.4. The lowest BCUT2D eigenvalue weighted by molar-refractivity contribution is -0.898. The van der Waals surface area contributed by atoms with Gasteiger partial charge in [0.25, 0.3) is 0 Å². The van der Waals surface area contributed by atoms with Gasteiger partial charge in [-0.25, -0.2) is 9.59 Å². The molecule has 2 aromatic rings. The van der Waals surface area contributed by atoms with Gasteiger partial charge in [-0.1, -0.05) is 57.2 Å². The minimum absolute atomic E-state index is 0.0237. The van der Waals surface area contributed by atoms with Crippen LogP contribution >= 0.6 is 0 Å². The molecule has 6 rings (SSSR count). The molecule has 2 aromatic carbocycles. The SMILES string of the molecule is COC(=O)CC[C@@H](C)[C@H]1CC[C@H]2[C@@H]3[C@H](NC(=O)Nc4ccccc4)C[C@@H]4C[C@H]([N+](C)(C)C)CC[C@]4(C)[C@H]3C[C@H](NC(=O)Nc3ccccc3)[C@]12C. The number of rotatable bonds is 9. The molecule has 11 atom stereocenters. The normalized spacial score (nSPS) is 34.9. The number of fused-ring (bicyclic) bond motifs is 5. The van der Waals surface area contributed by atoms with Crippen molar-refractivity contribution in [2.45, 2.75) is 96.7 Å². The molecule has 9 nitrogen and oxygen atoms in total. The van der Waals surface area contributed by atoms with Crippen LogP contribution in [-0.4, -0.2) is 68.9 Å². The number of esters is 1. The highest BCUT2D eigenvalue weighted by molar-refractivity contribution is 5.90. The number of ether oxygens (including phenoxy) is 1. The van der Waals surface area contributed by atoms with Gasteiger partial charge in [-0.2, -0.15) is 0 Å². The van der Waals surface area contributed by atoms with E-state index in [1.54, 1.807) is 0 Å². The van der Waals surface area contributed by atoms with Gasteiger partial charge >= 0.3 is 18.0 Å². The Morgan fingerprint density at radius 2 is 1.43 bits per heavy atom. The van der Waals surface area contributed by atoms with Crippen molar-refractivity contribution in [2.24, 2.45) is 46.3 Å². The van der Waals surface area contributed by atoms with Gasteiger partial charge in [0, 0.05) is 36.3 Å². The van der Waals surface area contributed by atoms with Crippen LogP contribution in [0.3, 0.4) is 0 Å². The van der Waals surface area contributed by atoms with Crippen molar-refractivity contribution in [3.63, 3.8) is 0 Å². The van der Waals surface area contributed by atoms with E-state index < -0.39 is 0 Å². The van der Waals surface area contributed by atoms with Crippen LogP contribution in [0.15, 0.2) is 60.7 Å². The fraction of sp³-hybridized carbons (Fsp3) is 0.643. The molecule has 4 saturated carbocycles. The van der Waals surface area contributed by atoms with Gasteiger partial charge in [0.15, 0.2) is 0 Å². The Labute approximate surface area is 305 Å². The van der Waals surface area contributed by atoms with E-state index in [0.29, 0.717) is 36.1 Å². The van der Waals surface area contributed by atoms with E-state index >= 15 is 0 Å². The lowest BCUT2D eigenvalue weighted by Gasteiger charge is -2.65. The molecule has 9 heteroatoms. The number of hydrogen-bond acceptors (Lipinski definition) is 4. The van der Waals surface area contributed by atoms with Crippen molar-refractivity contribution in [1.82, 2.24) is 10.6 Å². The molecule has 4 aliphatic carbocycles. The van der Waals surface area contributed by atoms with E-state index in [0.717, 1.165) is 60.8 Å².